The van der Waals surface area contributed by atoms with Crippen LogP contribution in [0.2, 0.25) is 0 Å². The van der Waals surface area contributed by atoms with Crippen molar-refractivity contribution < 1.29 is 22.3 Å². The van der Waals surface area contributed by atoms with Crippen LogP contribution in [-0.4, -0.2) is 136 Å². The van der Waals surface area contributed by atoms with Crippen LogP contribution in [0.5, 0.6) is 0 Å². The fourth-order valence-corrected chi connectivity index (χ4v) is 4.65. The van der Waals surface area contributed by atoms with Gasteiger partial charge in [-0.15, -0.1) is 53.3 Å². The predicted molar refractivity (Wildman–Crippen MR) is 469 cm³/mol. The van der Waals surface area contributed by atoms with Crippen molar-refractivity contribution >= 4 is 57.1 Å². The molecule has 0 bridgehead atoms. The number of aromatic amines is 6. The monoisotopic (exact) mass is 1650 g/mol. The highest BCUT2D eigenvalue weighted by Gasteiger charge is 1.78. The van der Waals surface area contributed by atoms with Crippen molar-refractivity contribution in [3.05, 3.63) is 261 Å². The number of hydrogen-bond acceptors (Lipinski definition) is 31. The summed E-state index contributed by atoms with van der Waals surface area (Å²) in [4.78, 5) is 30.8. The Kier molecular flexibility index (Phi) is 231. The van der Waals surface area contributed by atoms with E-state index in [1.165, 1.54) is 110 Å². The van der Waals surface area contributed by atoms with E-state index in [9.17, 15) is 0 Å². The number of thiazole rings is 1. The van der Waals surface area contributed by atoms with Gasteiger partial charge in [-0.05, 0) is 83.2 Å². The number of rotatable bonds is 0. The number of oxazole rings is 1. The number of thiophene rings is 1. The number of H-pyrrole nitrogens is 6. The minimum atomic E-state index is 0.676. The lowest BCUT2D eigenvalue weighted by Crippen LogP contribution is -1.69. The van der Waals surface area contributed by atoms with E-state index in [4.69, 9.17) is 0 Å². The number of nitrogens with one attached hydrogen (secondary N) is 6. The van der Waals surface area contributed by atoms with Gasteiger partial charge in [0.25, 0.3) is 0 Å². The highest BCUT2D eigenvalue weighted by Crippen LogP contribution is 1.92. The Balaban J connectivity index is -0.0000000666. The molecule has 0 amide bonds. The van der Waals surface area contributed by atoms with Crippen LogP contribution in [0.15, 0.2) is 277 Å². The van der Waals surface area contributed by atoms with Crippen LogP contribution >= 0.6 is 57.1 Å². The summed E-state index contributed by atoms with van der Waals surface area (Å²) < 4.78 is 29.4. The Hall–Kier alpha value is -10.9. The van der Waals surface area contributed by atoms with Crippen LogP contribution in [0.3, 0.4) is 0 Å². The fourth-order valence-electron chi connectivity index (χ4n) is 2.95. The van der Waals surface area contributed by atoms with Gasteiger partial charge in [-0.1, -0.05) is 235 Å². The van der Waals surface area contributed by atoms with E-state index in [0.29, 0.717) is 5.82 Å². The van der Waals surface area contributed by atoms with Gasteiger partial charge in [0.2, 0.25) is 19.2 Å². The zero-order chi connectivity index (χ0) is 87.4. The number of aryl methyl sites for hydroxylation is 1. The van der Waals surface area contributed by atoms with Crippen molar-refractivity contribution in [2.45, 2.75) is 215 Å². The Morgan fingerprint density at radius 3 is 1.03 bits per heavy atom. The molecule has 0 aliphatic rings. The molecule has 0 radical (unpaired) electrons. The van der Waals surface area contributed by atoms with Crippen LogP contribution in [0, 0.1) is 6.92 Å². The maximum Gasteiger partial charge on any atom is 0.213 e. The van der Waals surface area contributed by atoms with Crippen LogP contribution in [0.1, 0.15) is 214 Å². The summed E-state index contributed by atoms with van der Waals surface area (Å²) in [6.07, 6.45) is 39.2. The van der Waals surface area contributed by atoms with Gasteiger partial charge in [-0.2, -0.15) is 36.2 Å². The molecule has 0 spiro atoms. The molecule has 0 aliphatic heterocycles. The molecule has 16 heterocycles. The highest BCUT2D eigenvalue weighted by atomic mass is 32.1. The summed E-state index contributed by atoms with van der Waals surface area (Å²) >= 11 is 7.62. The molecule has 0 aromatic carbocycles. The average molecular weight is 1650 g/mol. The maximum absolute atomic E-state index is 4.58. The van der Waals surface area contributed by atoms with Crippen molar-refractivity contribution in [3.8, 4) is 0 Å². The largest absolute Gasteiger partial charge is 0.473 e. The molecule has 0 unspecified atom stereocenters. The van der Waals surface area contributed by atoms with E-state index >= 15 is 0 Å². The van der Waals surface area contributed by atoms with E-state index < -0.39 is 0 Å². The van der Waals surface area contributed by atoms with E-state index in [0.717, 1.165) is 0 Å². The molecule has 632 valence electrons. The molecular weight excluding hydrogens is 1510 g/mol. The first-order valence-electron chi connectivity index (χ1n) is 36.6. The fraction of sp³-hybridized carbons (Fsp3) is 0.419. The first kappa shape index (κ1) is 136. The molecule has 0 fully saturated rings. The molecule has 0 saturated carbocycles. The van der Waals surface area contributed by atoms with Gasteiger partial charge >= 0.3 is 0 Å². The van der Waals surface area contributed by atoms with Gasteiger partial charge in [0.1, 0.15) is 60.7 Å². The highest BCUT2D eigenvalue weighted by molar-refractivity contribution is 7.08. The summed E-state index contributed by atoms with van der Waals surface area (Å²) in [5.74, 6) is 0.676. The quantitative estimate of drug-likeness (QED) is 0.0821. The standard InChI is InChI=1S/C4H5N.C4H4O.C4H4S.2C3H4N2.2C3H3NO.2C3H3NS.C2H4N4.2C2H3N3.2C2H2N2O.2C2H2N2S.15C2H6/c3*1-2-4-5-3-1;1-2-5-3-4-1;1-2-4-5-3-1;1-2-5-3-4-1;1-2-4-5-3-1;1-2-5-3-4-1;1-2-4-5-3-1;1-2-3-5-6-4-2;2*1-3-2-5-4-1;1-3-4-2-5-1;1-3-2-5-4-1;1-3-4-2-5-1;1-3-2-5-4-1;15*1-2/h1-5H;2*1-4H;2*1-3H,(H,4,5);4*1-3H;1H3,(H,3,4,5,6);2*1-2H,(H,3,4,5);4*1-2H;15*1-2H3. The Bertz CT molecular complexity index is 2030. The lowest BCUT2D eigenvalue weighted by atomic mass is 10.7. The molecule has 6 N–H and O–H groups in total. The van der Waals surface area contributed by atoms with Crippen LogP contribution < -0.4 is 0 Å². The van der Waals surface area contributed by atoms with Crippen LogP contribution in [0.25, 0.3) is 0 Å². The van der Waals surface area contributed by atoms with Crippen LogP contribution in [-0.2, 0) is 0 Å². The Morgan fingerprint density at radius 2 is 0.892 bits per heavy atom. The molecule has 111 heavy (non-hydrogen) atoms. The second-order valence-corrected chi connectivity index (χ2v) is 14.9. The number of imidazole rings is 1. The third kappa shape index (κ3) is 185. The average Bonchev–Trinajstić information content (AvgIpc) is 1.96. The van der Waals surface area contributed by atoms with Crippen LogP contribution in [0.4, 0.5) is 0 Å². The molecular formula is C74H141N27O5S5. The number of nitrogens with zero attached hydrogens (tertiary/aromatic N) is 21. The first-order valence-corrected chi connectivity index (χ1v) is 41.1. The van der Waals surface area contributed by atoms with E-state index in [1.54, 1.807) is 126 Å². The molecule has 16 aromatic heterocycles. The minimum absolute atomic E-state index is 0.676. The molecule has 37 heteroatoms. The summed E-state index contributed by atoms with van der Waals surface area (Å²) in [6, 6.07) is 17.1. The second kappa shape index (κ2) is 189. The minimum Gasteiger partial charge on any atom is -0.473 e. The van der Waals surface area contributed by atoms with E-state index in [-0.39, 0.29) is 0 Å². The van der Waals surface area contributed by atoms with Crippen molar-refractivity contribution in [1.29, 1.82) is 0 Å². The number of aromatic nitrogens is 27. The molecule has 32 nitrogen and oxygen atoms in total. The van der Waals surface area contributed by atoms with Gasteiger partial charge in [-0.25, -0.2) is 34.3 Å². The number of furan rings is 1. The molecule has 0 aliphatic carbocycles. The van der Waals surface area contributed by atoms with Gasteiger partial charge in [-0.3, -0.25) is 20.3 Å². The zero-order valence-corrected chi connectivity index (χ0v) is 76.3. The van der Waals surface area contributed by atoms with Gasteiger partial charge in [0, 0.05) is 60.3 Å². The molecule has 0 saturated heterocycles. The second-order valence-electron chi connectivity index (χ2n) is 11.3. The number of tetrazole rings is 1. The van der Waals surface area contributed by atoms with Crippen molar-refractivity contribution in [2.24, 2.45) is 0 Å². The summed E-state index contributed by atoms with van der Waals surface area (Å²) in [5.41, 5.74) is 6.83. The maximum atomic E-state index is 4.58. The van der Waals surface area contributed by atoms with E-state index in [2.05, 4.69) is 158 Å². The summed E-state index contributed by atoms with van der Waals surface area (Å²) in [7, 11) is 0. The lowest BCUT2D eigenvalue weighted by molar-refractivity contribution is 0.416. The predicted octanol–water partition coefficient (Wildman–Crippen LogP) is 24.2. The number of hydrogen-bond donors (Lipinski definition) is 6. The van der Waals surface area contributed by atoms with Gasteiger partial charge in [0.05, 0.1) is 36.8 Å². The van der Waals surface area contributed by atoms with E-state index in [1.807, 2.05) is 290 Å². The zero-order valence-electron chi connectivity index (χ0n) is 72.2. The summed E-state index contributed by atoms with van der Waals surface area (Å²) in [5, 5.41) is 59.0. The topological polar surface area (TPSA) is 431 Å². The van der Waals surface area contributed by atoms with Crippen molar-refractivity contribution in [1.82, 2.24) is 136 Å². The SMILES string of the molecule is CC.CC.CC.CC.CC.CC.CC.CC.CC.CC.CC.CC.CC.CC.CC.Cc1nn[nH]n1.c1c[nH]cn1.c1cc[nH]c1.c1ccoc1.c1ccsc1.c1cn[nH]c1.c1cnoc1.c1cnsc1.c1cocn1.c1cscn1.c1nc[nH]n1.c1nc[nH]n1.c1ncon1.c1ncsn1.c1nnco1.c1nncs1. The molecule has 16 rings (SSSR count). The van der Waals surface area contributed by atoms with Gasteiger partial charge < -0.3 is 32.3 Å². The third-order valence-electron chi connectivity index (χ3n) is 5.79. The van der Waals surface area contributed by atoms with Crippen molar-refractivity contribution in [3.63, 3.8) is 0 Å². The Morgan fingerprint density at radius 1 is 0.306 bits per heavy atom. The lowest BCUT2D eigenvalue weighted by Gasteiger charge is -1.59. The molecule has 16 aromatic rings. The third-order valence-corrected chi connectivity index (χ3v) is 8.33. The molecule has 0 atom stereocenters. The smallest absolute Gasteiger partial charge is 0.213 e. The van der Waals surface area contributed by atoms with Crippen molar-refractivity contribution in [2.75, 3.05) is 0 Å². The summed E-state index contributed by atoms with van der Waals surface area (Å²) in [6.45, 7) is 61.8. The van der Waals surface area contributed by atoms with Gasteiger partial charge in [0.15, 0.2) is 18.5 Å². The Labute approximate surface area is 686 Å². The first-order chi connectivity index (χ1) is 55.4. The normalized spacial score (nSPS) is 6.69.